The molecule has 0 amide bonds. The molecule has 2 heteroatoms. The lowest BCUT2D eigenvalue weighted by Gasteiger charge is -2.45. The van der Waals surface area contributed by atoms with Crippen molar-refractivity contribution in [1.29, 1.82) is 0 Å². The summed E-state index contributed by atoms with van der Waals surface area (Å²) in [6.07, 6.45) is 14.8. The molecule has 3 aromatic carbocycles. The van der Waals surface area contributed by atoms with Crippen LogP contribution in [0, 0.1) is 0 Å². The minimum atomic E-state index is -0.511. The van der Waals surface area contributed by atoms with Gasteiger partial charge in [-0.2, -0.15) is 17.7 Å². The molecule has 2 saturated carbocycles. The molecule has 0 unspecified atom stereocenters. The summed E-state index contributed by atoms with van der Waals surface area (Å²) in [6.45, 7) is 2.62. The topological polar surface area (TPSA) is 0 Å². The van der Waals surface area contributed by atoms with Gasteiger partial charge in [0.05, 0.1) is 0 Å². The van der Waals surface area contributed by atoms with E-state index in [1.54, 1.807) is 10.9 Å². The van der Waals surface area contributed by atoms with E-state index in [2.05, 4.69) is 85.8 Å². The van der Waals surface area contributed by atoms with Crippen molar-refractivity contribution in [2.45, 2.75) is 88.1 Å². The summed E-state index contributed by atoms with van der Waals surface area (Å²) in [5.41, 5.74) is 4.38. The van der Waals surface area contributed by atoms with E-state index >= 15 is 0 Å². The highest BCUT2D eigenvalue weighted by atomic mass is 31.1. The van der Waals surface area contributed by atoms with Crippen molar-refractivity contribution in [3.8, 4) is 0 Å². The zero-order valence-electron chi connectivity index (χ0n) is 20.2. The first-order chi connectivity index (χ1) is 16.3. The highest BCUT2D eigenvalue weighted by Crippen LogP contribution is 2.64. The molecular weight excluding hydrogens is 434 g/mol. The Balaban J connectivity index is 1.53. The first-order valence-corrected chi connectivity index (χ1v) is 16.2. The molecule has 0 aliphatic heterocycles. The first-order valence-electron chi connectivity index (χ1n) is 13.3. The minimum absolute atomic E-state index is 0.0228. The van der Waals surface area contributed by atoms with Crippen LogP contribution in [0.4, 0.5) is 0 Å². The summed E-state index contributed by atoms with van der Waals surface area (Å²) in [5, 5.41) is 4.59. The molecule has 0 aromatic heterocycles. The van der Waals surface area contributed by atoms with Gasteiger partial charge in [-0.05, 0) is 55.5 Å². The van der Waals surface area contributed by atoms with Crippen LogP contribution in [-0.2, 0) is 0 Å². The zero-order valence-corrected chi connectivity index (χ0v) is 22.0. The highest BCUT2D eigenvalue weighted by Gasteiger charge is 2.34. The van der Waals surface area contributed by atoms with Crippen molar-refractivity contribution in [3.05, 3.63) is 84.4 Å². The van der Waals surface area contributed by atoms with Gasteiger partial charge in [0.25, 0.3) is 0 Å². The van der Waals surface area contributed by atoms with Crippen LogP contribution in [0.3, 0.4) is 0 Å². The van der Waals surface area contributed by atoms with E-state index < -0.39 is 7.92 Å². The van der Waals surface area contributed by atoms with Crippen LogP contribution < -0.4 is 15.9 Å². The Kier molecular flexibility index (Phi) is 8.07. The summed E-state index contributed by atoms with van der Waals surface area (Å²) in [5.74, 6) is 0. The number of benzene rings is 2. The molecule has 2 aliphatic carbocycles. The Morgan fingerprint density at radius 3 is 1.64 bits per heavy atom. The minimum Gasteiger partial charge on any atom is -0.209 e. The van der Waals surface area contributed by atoms with Crippen molar-refractivity contribution in [2.24, 2.45) is 0 Å². The predicted octanol–water partition coefficient (Wildman–Crippen LogP) is 8.37. The molecule has 0 spiro atoms. The highest BCUT2D eigenvalue weighted by molar-refractivity contribution is 7.80. The van der Waals surface area contributed by atoms with Gasteiger partial charge in [-0.15, -0.1) is 13.2 Å². The maximum atomic E-state index is 2.62. The average Bonchev–Trinajstić information content (AvgIpc) is 3.36. The Morgan fingerprint density at radius 1 is 0.667 bits per heavy atom. The Bertz CT molecular complexity index is 907. The largest absolute Gasteiger partial charge is 0.209 e. The monoisotopic (exact) mass is 473 g/mol. The second-order valence-corrected chi connectivity index (χ2v) is 15.4. The quantitative estimate of drug-likeness (QED) is 0.239. The summed E-state index contributed by atoms with van der Waals surface area (Å²) < 4.78 is 0. The van der Waals surface area contributed by atoms with E-state index in [1.807, 2.05) is 0 Å². The molecule has 0 saturated heterocycles. The molecule has 0 bridgehead atoms. The van der Waals surface area contributed by atoms with Crippen molar-refractivity contribution in [3.63, 3.8) is 0 Å². The average molecular weight is 474 g/mol. The van der Waals surface area contributed by atoms with E-state index in [1.165, 1.54) is 74.8 Å². The maximum Gasteiger partial charge on any atom is -0.0171 e. The van der Waals surface area contributed by atoms with Crippen LogP contribution in [0.5, 0.6) is 0 Å². The van der Waals surface area contributed by atoms with E-state index in [0.29, 0.717) is 5.66 Å². The number of hydrogen-bond donors (Lipinski definition) is 0. The third-order valence-electron chi connectivity index (χ3n) is 7.99. The van der Waals surface area contributed by atoms with Crippen LogP contribution >= 0.6 is 15.8 Å². The second-order valence-electron chi connectivity index (χ2n) is 10.1. The molecule has 3 aromatic rings. The van der Waals surface area contributed by atoms with Gasteiger partial charge in [0, 0.05) is 0 Å². The van der Waals surface area contributed by atoms with Gasteiger partial charge in [-0.25, -0.2) is 6.07 Å². The SMILES string of the molecule is C[C@@H](c1cc[cH-]c1P(c1ccccc1)c1ccccc1)P(C1CCCCC1)C1CCCCC1. The van der Waals surface area contributed by atoms with Crippen LogP contribution in [0.2, 0.25) is 0 Å². The number of rotatable bonds is 7. The molecule has 174 valence electrons. The van der Waals surface area contributed by atoms with Gasteiger partial charge < -0.3 is 0 Å². The fraction of sp³-hybridized carbons (Fsp3) is 0.452. The van der Waals surface area contributed by atoms with Gasteiger partial charge in [0.2, 0.25) is 0 Å². The lowest BCUT2D eigenvalue weighted by Crippen LogP contribution is -2.26. The van der Waals surface area contributed by atoms with E-state index in [0.717, 1.165) is 11.3 Å². The smallest absolute Gasteiger partial charge is 0.0171 e. The predicted molar refractivity (Wildman–Crippen MR) is 150 cm³/mol. The van der Waals surface area contributed by atoms with Gasteiger partial charge >= 0.3 is 0 Å². The van der Waals surface area contributed by atoms with Gasteiger partial charge in [-0.1, -0.05) is 112 Å². The van der Waals surface area contributed by atoms with Crippen LogP contribution in [0.1, 0.15) is 82.4 Å². The molecule has 0 N–H and O–H groups in total. The molecule has 5 rings (SSSR count). The third kappa shape index (κ3) is 5.34. The van der Waals surface area contributed by atoms with Crippen molar-refractivity contribution in [2.75, 3.05) is 0 Å². The molecule has 0 heterocycles. The molecular formula is C31H39P2-. The van der Waals surface area contributed by atoms with Gasteiger partial charge in [0.15, 0.2) is 0 Å². The third-order valence-corrected chi connectivity index (χ3v) is 14.4. The lowest BCUT2D eigenvalue weighted by molar-refractivity contribution is 0.481. The molecule has 2 aliphatic rings. The molecule has 0 radical (unpaired) electrons. The van der Waals surface area contributed by atoms with E-state index in [9.17, 15) is 0 Å². The van der Waals surface area contributed by atoms with E-state index in [4.69, 9.17) is 0 Å². The van der Waals surface area contributed by atoms with Crippen LogP contribution in [0.25, 0.3) is 0 Å². The fourth-order valence-corrected chi connectivity index (χ4v) is 13.4. The first kappa shape index (κ1) is 23.4. The van der Waals surface area contributed by atoms with Crippen LogP contribution in [-0.4, -0.2) is 11.3 Å². The molecule has 0 nitrogen and oxygen atoms in total. The fourth-order valence-electron chi connectivity index (χ4n) is 6.41. The zero-order chi connectivity index (χ0) is 22.5. The standard InChI is InChI=1S/C31H39P2/c1-25(32(26-15-6-2-7-16-26)27-17-8-3-9-18-27)30-23-14-24-31(30)33(28-19-10-4-11-20-28)29-21-12-5-13-22-29/h4-5,10-14,19-27H,2-3,6-9,15-18H2,1H3/q-1/t25-/m0/s1. The summed E-state index contributed by atoms with van der Waals surface area (Å²) in [7, 11) is -0.489. The number of hydrogen-bond acceptors (Lipinski definition) is 0. The lowest BCUT2D eigenvalue weighted by atomic mass is 9.99. The Morgan fingerprint density at radius 2 is 1.15 bits per heavy atom. The Labute approximate surface area is 204 Å². The van der Waals surface area contributed by atoms with Gasteiger partial charge in [-0.3, -0.25) is 0 Å². The maximum absolute atomic E-state index is 2.62. The van der Waals surface area contributed by atoms with Crippen molar-refractivity contribution < 1.29 is 0 Å². The van der Waals surface area contributed by atoms with Crippen molar-refractivity contribution >= 4 is 31.8 Å². The molecule has 2 fully saturated rings. The normalized spacial score (nSPS) is 19.2. The summed E-state index contributed by atoms with van der Waals surface area (Å²) in [4.78, 5) is 0. The molecule has 33 heavy (non-hydrogen) atoms. The van der Waals surface area contributed by atoms with E-state index in [-0.39, 0.29) is 7.92 Å². The van der Waals surface area contributed by atoms with Gasteiger partial charge in [0.1, 0.15) is 0 Å². The molecule has 1 atom stereocenters. The summed E-state index contributed by atoms with van der Waals surface area (Å²) >= 11 is 0. The Hall–Kier alpha value is -1.35. The van der Waals surface area contributed by atoms with Crippen LogP contribution in [0.15, 0.2) is 78.9 Å². The van der Waals surface area contributed by atoms with Crippen molar-refractivity contribution in [1.82, 2.24) is 0 Å². The second kappa shape index (κ2) is 11.4. The summed E-state index contributed by atoms with van der Waals surface area (Å²) in [6, 6.07) is 29.9.